The van der Waals surface area contributed by atoms with Crippen molar-refractivity contribution in [3.05, 3.63) is 53.3 Å². The molecule has 1 atom stereocenters. The number of guanidine groups is 1. The Morgan fingerprint density at radius 2 is 2.03 bits per heavy atom. The first-order valence-electron chi connectivity index (χ1n) is 10.3. The topological polar surface area (TPSA) is 75.1 Å². The number of hydrogen-bond acceptors (Lipinski definition) is 4. The first-order chi connectivity index (χ1) is 14.5. The minimum Gasteiger partial charge on any atom is -0.508 e. The van der Waals surface area contributed by atoms with Gasteiger partial charge in [-0.1, -0.05) is 6.07 Å². The highest BCUT2D eigenvalue weighted by atomic mass is 127. The van der Waals surface area contributed by atoms with Crippen LogP contribution < -0.4 is 20.1 Å². The third-order valence-corrected chi connectivity index (χ3v) is 5.02. The summed E-state index contributed by atoms with van der Waals surface area (Å²) in [5, 5.41) is 16.5. The average molecular weight is 543 g/mol. The number of aliphatic imine (C=N–C) groups is 1. The predicted molar refractivity (Wildman–Crippen MR) is 131 cm³/mol. The van der Waals surface area contributed by atoms with E-state index in [-0.39, 0.29) is 48.1 Å². The molecule has 0 heterocycles. The number of benzene rings is 2. The third-order valence-electron chi connectivity index (χ3n) is 5.02. The number of phenolic OH excluding ortho intramolecular Hbond substituents is 1. The molecule has 1 aliphatic carbocycles. The van der Waals surface area contributed by atoms with E-state index in [1.807, 2.05) is 19.9 Å². The summed E-state index contributed by atoms with van der Waals surface area (Å²) in [6.45, 7) is 5.43. The van der Waals surface area contributed by atoms with Gasteiger partial charge in [0.25, 0.3) is 0 Å². The van der Waals surface area contributed by atoms with Gasteiger partial charge in [-0.15, -0.1) is 24.0 Å². The van der Waals surface area contributed by atoms with Gasteiger partial charge >= 0.3 is 0 Å². The van der Waals surface area contributed by atoms with Crippen LogP contribution >= 0.6 is 24.0 Å². The van der Waals surface area contributed by atoms with E-state index < -0.39 is 0 Å². The van der Waals surface area contributed by atoms with Gasteiger partial charge in [-0.05, 0) is 68.5 Å². The summed E-state index contributed by atoms with van der Waals surface area (Å²) in [6.07, 6.45) is 2.33. The third kappa shape index (κ3) is 7.45. The maximum atomic E-state index is 14.4. The maximum Gasteiger partial charge on any atom is 0.192 e. The lowest BCUT2D eigenvalue weighted by Crippen LogP contribution is -2.38. The number of ether oxygens (including phenoxy) is 2. The predicted octanol–water partition coefficient (Wildman–Crippen LogP) is 4.76. The summed E-state index contributed by atoms with van der Waals surface area (Å²) in [7, 11) is 1.58. The van der Waals surface area contributed by atoms with Crippen molar-refractivity contribution in [1.82, 2.24) is 10.6 Å². The zero-order chi connectivity index (χ0) is 21.5. The second-order valence-electron chi connectivity index (χ2n) is 7.50. The van der Waals surface area contributed by atoms with Crippen molar-refractivity contribution in [2.24, 2.45) is 10.9 Å². The second kappa shape index (κ2) is 12.0. The number of rotatable bonds is 9. The molecule has 0 aliphatic heterocycles. The molecule has 31 heavy (non-hydrogen) atoms. The number of phenols is 1. The Labute approximate surface area is 200 Å². The van der Waals surface area contributed by atoms with E-state index in [0.717, 1.165) is 5.56 Å². The molecule has 1 saturated carbocycles. The molecule has 2 aromatic rings. The molecule has 1 fully saturated rings. The highest BCUT2D eigenvalue weighted by Crippen LogP contribution is 2.30. The van der Waals surface area contributed by atoms with Crippen molar-refractivity contribution in [2.45, 2.75) is 39.3 Å². The Bertz CT molecular complexity index is 890. The SMILES string of the molecule is CCNC(=NCc1cc(OC)ccc1O)NC(C)c1ccc(OCC2CC2)c(F)c1.I. The van der Waals surface area contributed by atoms with Crippen LogP contribution in [0.4, 0.5) is 4.39 Å². The Morgan fingerprint density at radius 1 is 1.26 bits per heavy atom. The summed E-state index contributed by atoms with van der Waals surface area (Å²) < 4.78 is 25.2. The molecule has 3 N–H and O–H groups in total. The number of nitrogens with one attached hydrogen (secondary N) is 2. The smallest absolute Gasteiger partial charge is 0.192 e. The Morgan fingerprint density at radius 3 is 2.68 bits per heavy atom. The van der Waals surface area contributed by atoms with Crippen molar-refractivity contribution in [3.63, 3.8) is 0 Å². The van der Waals surface area contributed by atoms with E-state index >= 15 is 0 Å². The van der Waals surface area contributed by atoms with E-state index in [4.69, 9.17) is 9.47 Å². The molecule has 6 nitrogen and oxygen atoms in total. The highest BCUT2D eigenvalue weighted by Gasteiger charge is 2.22. The first-order valence-corrected chi connectivity index (χ1v) is 10.3. The van der Waals surface area contributed by atoms with Crippen LogP contribution in [0.25, 0.3) is 0 Å². The summed E-state index contributed by atoms with van der Waals surface area (Å²) in [5.74, 6) is 1.90. The van der Waals surface area contributed by atoms with Gasteiger partial charge in [0, 0.05) is 12.1 Å². The van der Waals surface area contributed by atoms with Crippen LogP contribution in [0.15, 0.2) is 41.4 Å². The monoisotopic (exact) mass is 543 g/mol. The van der Waals surface area contributed by atoms with Crippen molar-refractivity contribution < 1.29 is 19.0 Å². The minimum absolute atomic E-state index is 0. The fourth-order valence-corrected chi connectivity index (χ4v) is 2.98. The van der Waals surface area contributed by atoms with E-state index in [1.165, 1.54) is 18.9 Å². The van der Waals surface area contributed by atoms with Gasteiger partial charge in [-0.2, -0.15) is 0 Å². The van der Waals surface area contributed by atoms with Crippen LogP contribution in [0.1, 0.15) is 43.9 Å². The summed E-state index contributed by atoms with van der Waals surface area (Å²) in [5.41, 5.74) is 1.45. The fraction of sp³-hybridized carbons (Fsp3) is 0.435. The quantitative estimate of drug-likeness (QED) is 0.242. The maximum absolute atomic E-state index is 14.4. The molecule has 0 bridgehead atoms. The molecule has 0 aromatic heterocycles. The molecule has 1 unspecified atom stereocenters. The Hall–Kier alpha value is -2.23. The second-order valence-corrected chi connectivity index (χ2v) is 7.50. The molecule has 2 aromatic carbocycles. The molecule has 8 heteroatoms. The molecule has 0 amide bonds. The normalized spacial score (nSPS) is 14.4. The van der Waals surface area contributed by atoms with Gasteiger partial charge in [0.2, 0.25) is 0 Å². The largest absolute Gasteiger partial charge is 0.508 e. The Kier molecular flexibility index (Phi) is 9.67. The lowest BCUT2D eigenvalue weighted by molar-refractivity contribution is 0.285. The van der Waals surface area contributed by atoms with Crippen LogP contribution in [0.3, 0.4) is 0 Å². The van der Waals surface area contributed by atoms with Crippen LogP contribution in [0.5, 0.6) is 17.2 Å². The standard InChI is InChI=1S/C23H30FN3O3.HI/c1-4-25-23(26-13-18-11-19(29-3)8-9-21(18)28)27-15(2)17-7-10-22(20(24)12-17)30-14-16-5-6-16;/h7-12,15-16,28H,4-6,13-14H2,1-3H3,(H2,25,26,27);1H. The fourth-order valence-electron chi connectivity index (χ4n) is 2.98. The van der Waals surface area contributed by atoms with E-state index in [2.05, 4.69) is 15.6 Å². The van der Waals surface area contributed by atoms with Crippen molar-refractivity contribution in [1.29, 1.82) is 0 Å². The zero-order valence-electron chi connectivity index (χ0n) is 18.2. The number of halogens is 2. The van der Waals surface area contributed by atoms with Crippen LogP contribution in [-0.2, 0) is 6.54 Å². The average Bonchev–Trinajstić information content (AvgIpc) is 3.56. The highest BCUT2D eigenvalue weighted by molar-refractivity contribution is 14.0. The molecular weight excluding hydrogens is 512 g/mol. The number of hydrogen-bond donors (Lipinski definition) is 3. The molecule has 0 radical (unpaired) electrons. The van der Waals surface area contributed by atoms with E-state index in [9.17, 15) is 9.50 Å². The molecule has 0 spiro atoms. The van der Waals surface area contributed by atoms with Crippen LogP contribution in [0, 0.1) is 11.7 Å². The molecule has 3 rings (SSSR count). The zero-order valence-corrected chi connectivity index (χ0v) is 20.5. The van der Waals surface area contributed by atoms with Crippen LogP contribution in [0.2, 0.25) is 0 Å². The van der Waals surface area contributed by atoms with Crippen molar-refractivity contribution in [3.8, 4) is 17.2 Å². The van der Waals surface area contributed by atoms with E-state index in [0.29, 0.717) is 42.1 Å². The van der Waals surface area contributed by atoms with Gasteiger partial charge in [0.1, 0.15) is 11.5 Å². The Balaban J connectivity index is 0.00000341. The summed E-state index contributed by atoms with van der Waals surface area (Å²) >= 11 is 0. The van der Waals surface area contributed by atoms with Crippen molar-refractivity contribution >= 4 is 29.9 Å². The molecule has 170 valence electrons. The molecular formula is C23H31FIN3O3. The van der Waals surface area contributed by atoms with Gasteiger partial charge < -0.3 is 25.2 Å². The van der Waals surface area contributed by atoms with Crippen molar-refractivity contribution in [2.75, 3.05) is 20.3 Å². The van der Waals surface area contributed by atoms with Crippen LogP contribution in [-0.4, -0.2) is 31.3 Å². The lowest BCUT2D eigenvalue weighted by atomic mass is 10.1. The summed E-state index contributed by atoms with van der Waals surface area (Å²) in [4.78, 5) is 4.54. The van der Waals surface area contributed by atoms with Gasteiger partial charge in [0.05, 0.1) is 26.3 Å². The lowest BCUT2D eigenvalue weighted by Gasteiger charge is -2.19. The van der Waals surface area contributed by atoms with Gasteiger partial charge in [0.15, 0.2) is 17.5 Å². The summed E-state index contributed by atoms with van der Waals surface area (Å²) in [6, 6.07) is 9.90. The first kappa shape index (κ1) is 25.0. The van der Waals surface area contributed by atoms with E-state index in [1.54, 1.807) is 31.4 Å². The molecule has 0 saturated heterocycles. The molecule has 1 aliphatic rings. The minimum atomic E-state index is -0.356. The number of aromatic hydroxyl groups is 1. The van der Waals surface area contributed by atoms with Gasteiger partial charge in [-0.3, -0.25) is 0 Å². The van der Waals surface area contributed by atoms with Gasteiger partial charge in [-0.25, -0.2) is 9.38 Å². The number of methoxy groups -OCH3 is 1. The number of nitrogens with zero attached hydrogens (tertiary/aromatic N) is 1.